The van der Waals surface area contributed by atoms with Crippen LogP contribution in [-0.4, -0.2) is 50.5 Å². The zero-order chi connectivity index (χ0) is 30.2. The van der Waals surface area contributed by atoms with Gasteiger partial charge in [-0.1, -0.05) is 48.3 Å². The Morgan fingerprint density at radius 3 is 2.05 bits per heavy atom. The molecule has 228 valence electrons. The highest BCUT2D eigenvalue weighted by molar-refractivity contribution is 7.92. The molecule has 6 rings (SSSR count). The first-order valence-electron chi connectivity index (χ1n) is 15.0. The first-order valence-corrected chi connectivity index (χ1v) is 17.6. The first-order chi connectivity index (χ1) is 19.9. The molecule has 2 amide bonds. The van der Waals surface area contributed by atoms with Crippen LogP contribution in [0.4, 0.5) is 5.69 Å². The minimum absolute atomic E-state index is 0.0773. The van der Waals surface area contributed by atoms with Gasteiger partial charge in [-0.15, -0.1) is 0 Å². The second-order valence-electron chi connectivity index (χ2n) is 12.6. The number of likely N-dealkylation sites (N-methyl/N-ethyl adjacent to an activating group) is 1. The number of amides is 2. The summed E-state index contributed by atoms with van der Waals surface area (Å²) in [5, 5.41) is 3.52. The Hall–Kier alpha value is -2.29. The van der Waals surface area contributed by atoms with Crippen molar-refractivity contribution in [3.8, 4) is 0 Å². The smallest absolute Gasteiger partial charge is 0.244 e. The Kier molecular flexibility index (Phi) is 9.17. The number of nitrogens with zero attached hydrogens (tertiary/aromatic N) is 2. The average Bonchev–Trinajstić information content (AvgIpc) is 2.92. The van der Waals surface area contributed by atoms with Gasteiger partial charge in [0.15, 0.2) is 0 Å². The van der Waals surface area contributed by atoms with Gasteiger partial charge in [0.2, 0.25) is 21.8 Å². The van der Waals surface area contributed by atoms with E-state index in [1.165, 1.54) is 49.0 Å². The monoisotopic (exact) mass is 633 g/mol. The number of sulfonamides is 1. The Bertz CT molecular complexity index is 1390. The van der Waals surface area contributed by atoms with Crippen molar-refractivity contribution in [1.82, 2.24) is 10.2 Å². The van der Waals surface area contributed by atoms with Crippen molar-refractivity contribution in [2.45, 2.75) is 76.8 Å². The van der Waals surface area contributed by atoms with E-state index in [0.29, 0.717) is 34.3 Å². The van der Waals surface area contributed by atoms with E-state index in [4.69, 9.17) is 23.2 Å². The highest BCUT2D eigenvalue weighted by Gasteiger charge is 2.51. The molecule has 2 aromatic rings. The summed E-state index contributed by atoms with van der Waals surface area (Å²) in [5.41, 5.74) is 2.61. The van der Waals surface area contributed by atoms with Crippen molar-refractivity contribution in [3.05, 3.63) is 63.6 Å². The summed E-state index contributed by atoms with van der Waals surface area (Å²) in [4.78, 5) is 28.4. The van der Waals surface area contributed by atoms with Crippen LogP contribution in [0.1, 0.15) is 69.9 Å². The highest BCUT2D eigenvalue weighted by Crippen LogP contribution is 2.60. The van der Waals surface area contributed by atoms with E-state index in [1.54, 1.807) is 18.2 Å². The van der Waals surface area contributed by atoms with E-state index in [0.717, 1.165) is 28.3 Å². The summed E-state index contributed by atoms with van der Waals surface area (Å²) >= 11 is 12.3. The summed E-state index contributed by atoms with van der Waals surface area (Å²) in [6, 6.07) is 12.1. The van der Waals surface area contributed by atoms with Gasteiger partial charge in [0.05, 0.1) is 22.0 Å². The standard InChI is InChI=1S/C32H41Cl2N3O4S/c1-4-29(31(39)35-5-2)36(19-21-6-11-27(33)28(34)15-21)30(38)20-37(42(3,40)41)26-9-7-25(8-10-26)32-16-22-12-23(17-32)14-24(13-22)18-32/h6-11,15,22-24,29H,4-5,12-14,16-20H2,1-3H3,(H,35,39). The van der Waals surface area contributed by atoms with Gasteiger partial charge in [-0.3, -0.25) is 13.9 Å². The Morgan fingerprint density at radius 2 is 1.55 bits per heavy atom. The molecule has 1 N–H and O–H groups in total. The van der Waals surface area contributed by atoms with Crippen LogP contribution in [0.3, 0.4) is 0 Å². The third-order valence-electron chi connectivity index (χ3n) is 9.56. The zero-order valence-electron chi connectivity index (χ0n) is 24.6. The van der Waals surface area contributed by atoms with E-state index in [1.807, 2.05) is 26.0 Å². The molecule has 7 nitrogen and oxygen atoms in total. The maximum Gasteiger partial charge on any atom is 0.244 e. The van der Waals surface area contributed by atoms with Gasteiger partial charge in [0.1, 0.15) is 12.6 Å². The van der Waals surface area contributed by atoms with Crippen LogP contribution in [0.15, 0.2) is 42.5 Å². The molecular weight excluding hydrogens is 593 g/mol. The maximum atomic E-state index is 13.9. The third kappa shape index (κ3) is 6.46. The summed E-state index contributed by atoms with van der Waals surface area (Å²) in [6.07, 6.45) is 9.19. The van der Waals surface area contributed by atoms with Crippen LogP contribution in [0, 0.1) is 17.8 Å². The van der Waals surface area contributed by atoms with Crippen LogP contribution in [-0.2, 0) is 31.6 Å². The van der Waals surface area contributed by atoms with Crippen LogP contribution in [0.5, 0.6) is 0 Å². The van der Waals surface area contributed by atoms with E-state index >= 15 is 0 Å². The number of nitrogens with one attached hydrogen (secondary N) is 1. The number of halogens is 2. The molecule has 0 heterocycles. The lowest BCUT2D eigenvalue weighted by molar-refractivity contribution is -0.140. The van der Waals surface area contributed by atoms with E-state index in [9.17, 15) is 18.0 Å². The SMILES string of the molecule is CCNC(=O)C(CC)N(Cc1ccc(Cl)c(Cl)c1)C(=O)CN(c1ccc(C23CC4CC(CC(C4)C2)C3)cc1)S(C)(=O)=O. The Morgan fingerprint density at radius 1 is 0.952 bits per heavy atom. The van der Waals surface area contributed by atoms with Gasteiger partial charge in [0, 0.05) is 13.1 Å². The van der Waals surface area contributed by atoms with Gasteiger partial charge in [-0.2, -0.15) is 0 Å². The lowest BCUT2D eigenvalue weighted by Crippen LogP contribution is -2.52. The molecule has 1 atom stereocenters. The van der Waals surface area contributed by atoms with Crippen molar-refractivity contribution >= 4 is 50.7 Å². The van der Waals surface area contributed by atoms with Gasteiger partial charge in [-0.05, 0) is 110 Å². The number of carbonyl (C=O) groups excluding carboxylic acids is 2. The number of carbonyl (C=O) groups is 2. The summed E-state index contributed by atoms with van der Waals surface area (Å²) in [5.74, 6) is 1.64. The molecule has 42 heavy (non-hydrogen) atoms. The van der Waals surface area contributed by atoms with E-state index in [2.05, 4.69) is 17.4 Å². The van der Waals surface area contributed by atoms with E-state index < -0.39 is 28.5 Å². The number of anilines is 1. The number of hydrogen-bond donors (Lipinski definition) is 1. The molecular formula is C32H41Cl2N3O4S. The van der Waals surface area contributed by atoms with Crippen LogP contribution in [0.2, 0.25) is 10.0 Å². The molecule has 10 heteroatoms. The molecule has 0 aliphatic heterocycles. The quantitative estimate of drug-likeness (QED) is 0.321. The summed E-state index contributed by atoms with van der Waals surface area (Å²) in [6.45, 7) is 3.71. The molecule has 4 saturated carbocycles. The van der Waals surface area contributed by atoms with Crippen molar-refractivity contribution in [3.63, 3.8) is 0 Å². The predicted molar refractivity (Wildman–Crippen MR) is 168 cm³/mol. The minimum Gasteiger partial charge on any atom is -0.355 e. The Balaban J connectivity index is 1.41. The van der Waals surface area contributed by atoms with E-state index in [-0.39, 0.29) is 17.9 Å². The van der Waals surface area contributed by atoms with Gasteiger partial charge < -0.3 is 10.2 Å². The number of hydrogen-bond acceptors (Lipinski definition) is 4. The molecule has 0 radical (unpaired) electrons. The molecule has 4 aliphatic rings. The topological polar surface area (TPSA) is 86.8 Å². The lowest BCUT2D eigenvalue weighted by atomic mass is 9.48. The van der Waals surface area contributed by atoms with Gasteiger partial charge in [0.25, 0.3) is 0 Å². The number of benzene rings is 2. The van der Waals surface area contributed by atoms with Crippen LogP contribution >= 0.6 is 23.2 Å². The van der Waals surface area contributed by atoms with Crippen molar-refractivity contribution in [1.29, 1.82) is 0 Å². The minimum atomic E-state index is -3.81. The fraction of sp³-hybridized carbons (Fsp3) is 0.562. The molecule has 2 aromatic carbocycles. The fourth-order valence-electron chi connectivity index (χ4n) is 8.11. The van der Waals surface area contributed by atoms with Crippen molar-refractivity contribution in [2.24, 2.45) is 17.8 Å². The predicted octanol–water partition coefficient (Wildman–Crippen LogP) is 6.17. The molecule has 0 saturated heterocycles. The summed E-state index contributed by atoms with van der Waals surface area (Å²) in [7, 11) is -3.81. The van der Waals surface area contributed by atoms with Gasteiger partial charge >= 0.3 is 0 Å². The lowest BCUT2D eigenvalue weighted by Gasteiger charge is -2.57. The highest BCUT2D eigenvalue weighted by atomic mass is 35.5. The molecule has 4 bridgehead atoms. The Labute approximate surface area is 260 Å². The normalized spacial score (nSPS) is 25.2. The second kappa shape index (κ2) is 12.4. The maximum absolute atomic E-state index is 13.9. The molecule has 0 aromatic heterocycles. The van der Waals surface area contributed by atoms with Crippen molar-refractivity contribution < 1.29 is 18.0 Å². The molecule has 0 spiro atoms. The van der Waals surface area contributed by atoms with Gasteiger partial charge in [-0.25, -0.2) is 8.42 Å². The number of rotatable bonds is 11. The second-order valence-corrected chi connectivity index (χ2v) is 15.3. The average molecular weight is 635 g/mol. The first kappa shape index (κ1) is 31.1. The molecule has 4 fully saturated rings. The van der Waals surface area contributed by atoms with Crippen LogP contribution in [0.25, 0.3) is 0 Å². The van der Waals surface area contributed by atoms with Crippen molar-refractivity contribution in [2.75, 3.05) is 23.7 Å². The zero-order valence-corrected chi connectivity index (χ0v) is 26.9. The van der Waals surface area contributed by atoms with Crippen LogP contribution < -0.4 is 9.62 Å². The molecule has 4 aliphatic carbocycles. The molecule has 1 unspecified atom stereocenters. The third-order valence-corrected chi connectivity index (χ3v) is 11.4. The summed E-state index contributed by atoms with van der Waals surface area (Å²) < 4.78 is 27.3. The fourth-order valence-corrected chi connectivity index (χ4v) is 9.28. The largest absolute Gasteiger partial charge is 0.355 e.